The van der Waals surface area contributed by atoms with Crippen LogP contribution in [0.5, 0.6) is 0 Å². The van der Waals surface area contributed by atoms with Crippen LogP contribution in [-0.2, 0) is 6.54 Å². The van der Waals surface area contributed by atoms with E-state index in [-0.39, 0.29) is 0 Å². The molecule has 1 unspecified atom stereocenters. The van der Waals surface area contributed by atoms with E-state index in [0.717, 1.165) is 13.0 Å². The van der Waals surface area contributed by atoms with Gasteiger partial charge in [0.2, 0.25) is 0 Å². The lowest BCUT2D eigenvalue weighted by molar-refractivity contribution is 0.385. The van der Waals surface area contributed by atoms with Crippen molar-refractivity contribution in [1.29, 1.82) is 0 Å². The summed E-state index contributed by atoms with van der Waals surface area (Å²) in [5, 5.41) is 7.87. The number of nitrogens with one attached hydrogen (secondary N) is 1. The second kappa shape index (κ2) is 5.00. The Morgan fingerprint density at radius 1 is 1.50 bits per heavy atom. The molecule has 1 aliphatic carbocycles. The summed E-state index contributed by atoms with van der Waals surface area (Å²) in [5.74, 6) is 0. The molecule has 1 saturated carbocycles. The molecule has 0 spiro atoms. The lowest BCUT2D eigenvalue weighted by atomic mass is 10.0. The first kappa shape index (κ1) is 11.6. The third-order valence-electron chi connectivity index (χ3n) is 3.88. The van der Waals surface area contributed by atoms with Gasteiger partial charge in [-0.15, -0.1) is 0 Å². The van der Waals surface area contributed by atoms with Crippen LogP contribution < -0.4 is 5.32 Å². The van der Waals surface area contributed by atoms with Crippen molar-refractivity contribution in [1.82, 2.24) is 15.1 Å². The zero-order chi connectivity index (χ0) is 11.4. The molecule has 90 valence electrons. The first-order valence-corrected chi connectivity index (χ1v) is 6.45. The maximum absolute atomic E-state index is 4.21. The number of hydrogen-bond donors (Lipinski definition) is 1. The summed E-state index contributed by atoms with van der Waals surface area (Å²) >= 11 is 0. The molecule has 16 heavy (non-hydrogen) atoms. The van der Waals surface area contributed by atoms with Crippen molar-refractivity contribution < 1.29 is 0 Å². The Labute approximate surface area is 98.2 Å². The standard InChI is InChI=1S/C13H23N3/c1-3-13(6-7-13)11-14-12(2)5-10-16-9-4-8-15-16/h4,8-9,12,14H,3,5-7,10-11H2,1-2H3. The lowest BCUT2D eigenvalue weighted by Crippen LogP contribution is -2.32. The Morgan fingerprint density at radius 2 is 2.31 bits per heavy atom. The average molecular weight is 221 g/mol. The van der Waals surface area contributed by atoms with Crippen molar-refractivity contribution in [3.63, 3.8) is 0 Å². The van der Waals surface area contributed by atoms with Crippen LogP contribution >= 0.6 is 0 Å². The summed E-state index contributed by atoms with van der Waals surface area (Å²) < 4.78 is 2.00. The van der Waals surface area contributed by atoms with E-state index in [1.165, 1.54) is 25.8 Å². The summed E-state index contributed by atoms with van der Waals surface area (Å²) in [6.07, 6.45) is 9.19. The van der Waals surface area contributed by atoms with Crippen molar-refractivity contribution in [3.05, 3.63) is 18.5 Å². The van der Waals surface area contributed by atoms with Crippen molar-refractivity contribution in [2.24, 2.45) is 5.41 Å². The molecule has 3 heteroatoms. The van der Waals surface area contributed by atoms with Crippen LogP contribution in [0.15, 0.2) is 18.5 Å². The summed E-state index contributed by atoms with van der Waals surface area (Å²) in [7, 11) is 0. The SMILES string of the molecule is CCC1(CNC(C)CCn2cccn2)CC1. The molecule has 1 aromatic heterocycles. The molecule has 0 bridgehead atoms. The van der Waals surface area contributed by atoms with E-state index in [0.29, 0.717) is 11.5 Å². The number of aromatic nitrogens is 2. The van der Waals surface area contributed by atoms with Crippen molar-refractivity contribution in [2.45, 2.75) is 52.1 Å². The zero-order valence-corrected chi connectivity index (χ0v) is 10.4. The highest BCUT2D eigenvalue weighted by atomic mass is 15.3. The fraction of sp³-hybridized carbons (Fsp3) is 0.769. The molecule has 0 radical (unpaired) electrons. The largest absolute Gasteiger partial charge is 0.314 e. The Bertz CT molecular complexity index is 301. The Balaban J connectivity index is 1.63. The van der Waals surface area contributed by atoms with Gasteiger partial charge in [0.25, 0.3) is 0 Å². The fourth-order valence-corrected chi connectivity index (χ4v) is 2.08. The molecule has 1 atom stereocenters. The quantitative estimate of drug-likeness (QED) is 0.766. The van der Waals surface area contributed by atoms with Crippen LogP contribution in [0.3, 0.4) is 0 Å². The van der Waals surface area contributed by atoms with Gasteiger partial charge in [0.05, 0.1) is 0 Å². The predicted octanol–water partition coefficient (Wildman–Crippen LogP) is 2.44. The molecule has 0 saturated heterocycles. The van der Waals surface area contributed by atoms with E-state index in [9.17, 15) is 0 Å². The van der Waals surface area contributed by atoms with E-state index < -0.39 is 0 Å². The lowest BCUT2D eigenvalue weighted by Gasteiger charge is -2.18. The molecule has 1 heterocycles. The Morgan fingerprint density at radius 3 is 2.88 bits per heavy atom. The number of nitrogens with zero attached hydrogens (tertiary/aromatic N) is 2. The normalized spacial score (nSPS) is 19.6. The summed E-state index contributed by atoms with van der Waals surface area (Å²) in [5.41, 5.74) is 0.653. The number of aryl methyl sites for hydroxylation is 1. The highest BCUT2D eigenvalue weighted by Gasteiger charge is 2.40. The third-order valence-corrected chi connectivity index (χ3v) is 3.88. The van der Waals surface area contributed by atoms with Crippen LogP contribution in [0, 0.1) is 5.41 Å². The maximum atomic E-state index is 4.21. The summed E-state index contributed by atoms with van der Waals surface area (Å²) in [6, 6.07) is 2.57. The fourth-order valence-electron chi connectivity index (χ4n) is 2.08. The first-order valence-electron chi connectivity index (χ1n) is 6.45. The smallest absolute Gasteiger partial charge is 0.0489 e. The van der Waals surface area contributed by atoms with Gasteiger partial charge in [0.15, 0.2) is 0 Å². The van der Waals surface area contributed by atoms with Gasteiger partial charge in [-0.2, -0.15) is 5.10 Å². The second-order valence-corrected chi connectivity index (χ2v) is 5.19. The van der Waals surface area contributed by atoms with Crippen molar-refractivity contribution in [3.8, 4) is 0 Å². The molecule has 3 nitrogen and oxygen atoms in total. The van der Waals surface area contributed by atoms with E-state index in [2.05, 4.69) is 24.3 Å². The molecule has 1 fully saturated rings. The molecule has 0 aromatic carbocycles. The molecule has 1 N–H and O–H groups in total. The number of hydrogen-bond acceptors (Lipinski definition) is 2. The van der Waals surface area contributed by atoms with E-state index in [1.807, 2.05) is 23.1 Å². The molecular weight excluding hydrogens is 198 g/mol. The third kappa shape index (κ3) is 3.08. The van der Waals surface area contributed by atoms with Gasteiger partial charge in [-0.1, -0.05) is 6.92 Å². The van der Waals surface area contributed by atoms with Gasteiger partial charge in [0.1, 0.15) is 0 Å². The monoisotopic (exact) mass is 221 g/mol. The van der Waals surface area contributed by atoms with Crippen molar-refractivity contribution >= 4 is 0 Å². The van der Waals surface area contributed by atoms with Gasteiger partial charge in [-0.3, -0.25) is 4.68 Å². The molecular formula is C13H23N3. The van der Waals surface area contributed by atoms with Crippen LogP contribution in [0.4, 0.5) is 0 Å². The second-order valence-electron chi connectivity index (χ2n) is 5.19. The predicted molar refractivity (Wildman–Crippen MR) is 66.3 cm³/mol. The highest BCUT2D eigenvalue weighted by Crippen LogP contribution is 2.47. The first-order chi connectivity index (χ1) is 7.74. The van der Waals surface area contributed by atoms with Gasteiger partial charge < -0.3 is 5.32 Å². The van der Waals surface area contributed by atoms with E-state index >= 15 is 0 Å². The molecule has 1 aliphatic rings. The highest BCUT2D eigenvalue weighted by molar-refractivity contribution is 4.94. The average Bonchev–Trinajstić information content (AvgIpc) is 2.90. The topological polar surface area (TPSA) is 29.9 Å². The van der Waals surface area contributed by atoms with Crippen LogP contribution in [0.1, 0.15) is 39.5 Å². The van der Waals surface area contributed by atoms with E-state index in [4.69, 9.17) is 0 Å². The van der Waals surface area contributed by atoms with Gasteiger partial charge in [0, 0.05) is 31.5 Å². The summed E-state index contributed by atoms with van der Waals surface area (Å²) in [6.45, 7) is 6.79. The van der Waals surface area contributed by atoms with E-state index in [1.54, 1.807) is 0 Å². The molecule has 2 rings (SSSR count). The molecule has 0 amide bonds. The Hall–Kier alpha value is -0.830. The Kier molecular flexibility index (Phi) is 3.64. The zero-order valence-electron chi connectivity index (χ0n) is 10.4. The van der Waals surface area contributed by atoms with Crippen LogP contribution in [0.2, 0.25) is 0 Å². The minimum absolute atomic E-state index is 0.591. The van der Waals surface area contributed by atoms with Gasteiger partial charge in [-0.25, -0.2) is 0 Å². The maximum Gasteiger partial charge on any atom is 0.0489 e. The van der Waals surface area contributed by atoms with Crippen LogP contribution in [0.25, 0.3) is 0 Å². The minimum Gasteiger partial charge on any atom is -0.314 e. The van der Waals surface area contributed by atoms with Crippen LogP contribution in [-0.4, -0.2) is 22.4 Å². The number of rotatable bonds is 7. The molecule has 1 aromatic rings. The summed E-state index contributed by atoms with van der Waals surface area (Å²) in [4.78, 5) is 0. The molecule has 0 aliphatic heterocycles. The van der Waals surface area contributed by atoms with Crippen molar-refractivity contribution in [2.75, 3.05) is 6.54 Å². The van der Waals surface area contributed by atoms with Gasteiger partial charge in [-0.05, 0) is 44.1 Å². The van der Waals surface area contributed by atoms with Gasteiger partial charge >= 0.3 is 0 Å². The minimum atomic E-state index is 0.591.